The van der Waals surface area contributed by atoms with Gasteiger partial charge in [-0.05, 0) is 40.8 Å². The second-order valence-electron chi connectivity index (χ2n) is 7.18. The minimum atomic E-state index is -0.428. The standard InChI is InChI=1S/C21H23ClN4O2/c22-16-6-5-13(10-23)15(9-16)12-25-20(27)18-7-8-26(18)21(28)19-17-4-2-1-3-14(17)11-24-19/h1-6,9,18-19,24H,7-8,10-12,23H2,(H,25,27). The Kier molecular flexibility index (Phi) is 5.35. The van der Waals surface area contributed by atoms with E-state index in [1.165, 1.54) is 0 Å². The van der Waals surface area contributed by atoms with Gasteiger partial charge in [0.15, 0.2) is 0 Å². The summed E-state index contributed by atoms with van der Waals surface area (Å²) in [5.41, 5.74) is 9.74. The van der Waals surface area contributed by atoms with E-state index in [0.29, 0.717) is 37.6 Å². The molecule has 4 N–H and O–H groups in total. The van der Waals surface area contributed by atoms with Gasteiger partial charge in [0.05, 0.1) is 0 Å². The van der Waals surface area contributed by atoms with Gasteiger partial charge in [-0.3, -0.25) is 14.9 Å². The van der Waals surface area contributed by atoms with Crippen molar-refractivity contribution in [3.05, 3.63) is 69.7 Å². The van der Waals surface area contributed by atoms with Crippen LogP contribution in [-0.4, -0.2) is 29.3 Å². The third kappa shape index (κ3) is 3.51. The molecule has 2 amide bonds. The van der Waals surface area contributed by atoms with Crippen LogP contribution in [0.1, 0.15) is 34.7 Å². The average molecular weight is 399 g/mol. The maximum atomic E-state index is 13.0. The van der Waals surface area contributed by atoms with Crippen molar-refractivity contribution >= 4 is 23.4 Å². The van der Waals surface area contributed by atoms with Crippen LogP contribution in [0.4, 0.5) is 0 Å². The summed E-state index contributed by atoms with van der Waals surface area (Å²) in [7, 11) is 0. The first-order chi connectivity index (χ1) is 13.6. The van der Waals surface area contributed by atoms with Crippen molar-refractivity contribution in [3.63, 3.8) is 0 Å². The number of hydrogen-bond acceptors (Lipinski definition) is 4. The monoisotopic (exact) mass is 398 g/mol. The summed E-state index contributed by atoms with van der Waals surface area (Å²) in [6.07, 6.45) is 0.672. The Morgan fingerprint density at radius 2 is 2.04 bits per heavy atom. The number of hydrogen-bond donors (Lipinski definition) is 3. The minimum absolute atomic E-state index is 0.0400. The Hall–Kier alpha value is -2.41. The number of benzene rings is 2. The molecule has 0 aromatic heterocycles. The van der Waals surface area contributed by atoms with Gasteiger partial charge in [-0.1, -0.05) is 41.9 Å². The van der Waals surface area contributed by atoms with E-state index in [1.807, 2.05) is 36.4 Å². The van der Waals surface area contributed by atoms with E-state index in [9.17, 15) is 9.59 Å². The number of nitrogens with two attached hydrogens (primary N) is 1. The van der Waals surface area contributed by atoms with Crippen LogP contribution in [0.3, 0.4) is 0 Å². The van der Waals surface area contributed by atoms with Gasteiger partial charge in [-0.2, -0.15) is 0 Å². The zero-order valence-electron chi connectivity index (χ0n) is 15.5. The quantitative estimate of drug-likeness (QED) is 0.717. The van der Waals surface area contributed by atoms with Crippen LogP contribution < -0.4 is 16.4 Å². The summed E-state index contributed by atoms with van der Waals surface area (Å²) in [4.78, 5) is 27.3. The number of nitrogens with zero attached hydrogens (tertiary/aromatic N) is 1. The molecule has 7 heteroatoms. The smallest absolute Gasteiger partial charge is 0.245 e. The lowest BCUT2D eigenvalue weighted by molar-refractivity contribution is -0.149. The number of likely N-dealkylation sites (tertiary alicyclic amines) is 1. The minimum Gasteiger partial charge on any atom is -0.350 e. The summed E-state index contributed by atoms with van der Waals surface area (Å²) in [5.74, 6) is -0.185. The van der Waals surface area contributed by atoms with Crippen molar-refractivity contribution in [2.75, 3.05) is 6.54 Å². The summed E-state index contributed by atoms with van der Waals surface area (Å²) in [6, 6.07) is 12.6. The SMILES string of the molecule is NCc1ccc(Cl)cc1CNC(=O)C1CCN1C(=O)C1NCc2ccccc21. The van der Waals surface area contributed by atoms with Gasteiger partial charge in [0.25, 0.3) is 0 Å². The van der Waals surface area contributed by atoms with Gasteiger partial charge >= 0.3 is 0 Å². The van der Waals surface area contributed by atoms with Crippen LogP contribution >= 0.6 is 11.6 Å². The van der Waals surface area contributed by atoms with Gasteiger partial charge < -0.3 is 16.0 Å². The number of amides is 2. The highest BCUT2D eigenvalue weighted by atomic mass is 35.5. The fourth-order valence-corrected chi connectivity index (χ4v) is 4.06. The highest BCUT2D eigenvalue weighted by Crippen LogP contribution is 2.30. The fourth-order valence-electron chi connectivity index (χ4n) is 3.87. The van der Waals surface area contributed by atoms with Gasteiger partial charge in [-0.15, -0.1) is 0 Å². The molecule has 4 rings (SSSR count). The Balaban J connectivity index is 1.40. The first kappa shape index (κ1) is 18.9. The Morgan fingerprint density at radius 1 is 1.21 bits per heavy atom. The Labute approximate surface area is 169 Å². The van der Waals surface area contributed by atoms with Crippen LogP contribution in [0, 0.1) is 0 Å². The molecular formula is C21H23ClN4O2. The van der Waals surface area contributed by atoms with Crippen molar-refractivity contribution in [2.24, 2.45) is 5.73 Å². The molecule has 0 radical (unpaired) electrons. The summed E-state index contributed by atoms with van der Waals surface area (Å²) in [6.45, 7) is 1.99. The van der Waals surface area contributed by atoms with Crippen LogP contribution in [0.2, 0.25) is 5.02 Å². The predicted octanol–water partition coefficient (Wildman–Crippen LogP) is 1.86. The van der Waals surface area contributed by atoms with Gasteiger partial charge in [0.2, 0.25) is 11.8 Å². The van der Waals surface area contributed by atoms with E-state index in [-0.39, 0.29) is 17.9 Å². The number of rotatable bonds is 5. The van der Waals surface area contributed by atoms with Gasteiger partial charge in [-0.25, -0.2) is 0 Å². The molecule has 1 fully saturated rings. The molecule has 0 saturated carbocycles. The maximum absolute atomic E-state index is 13.0. The lowest BCUT2D eigenvalue weighted by Crippen LogP contribution is -2.59. The maximum Gasteiger partial charge on any atom is 0.245 e. The molecule has 0 bridgehead atoms. The van der Waals surface area contributed by atoms with Crippen molar-refractivity contribution in [2.45, 2.75) is 38.1 Å². The van der Waals surface area contributed by atoms with E-state index in [2.05, 4.69) is 10.6 Å². The molecule has 2 aliphatic heterocycles. The van der Waals surface area contributed by atoms with Crippen LogP contribution in [-0.2, 0) is 29.2 Å². The van der Waals surface area contributed by atoms with Crippen molar-refractivity contribution in [1.82, 2.24) is 15.5 Å². The van der Waals surface area contributed by atoms with Crippen molar-refractivity contribution < 1.29 is 9.59 Å². The number of carbonyl (C=O) groups is 2. The zero-order chi connectivity index (χ0) is 19.7. The third-order valence-corrected chi connectivity index (χ3v) is 5.79. The molecule has 2 atom stereocenters. The average Bonchev–Trinajstić information content (AvgIpc) is 3.10. The number of fused-ring (bicyclic) bond motifs is 1. The molecule has 0 aliphatic carbocycles. The van der Waals surface area contributed by atoms with E-state index in [1.54, 1.807) is 11.0 Å². The Bertz CT molecular complexity index is 917. The van der Waals surface area contributed by atoms with Crippen LogP contribution in [0.15, 0.2) is 42.5 Å². The molecule has 2 aliphatic rings. The second kappa shape index (κ2) is 7.91. The molecule has 6 nitrogen and oxygen atoms in total. The fraction of sp³-hybridized carbons (Fsp3) is 0.333. The Morgan fingerprint density at radius 3 is 2.79 bits per heavy atom. The molecule has 146 valence electrons. The first-order valence-corrected chi connectivity index (χ1v) is 9.83. The van der Waals surface area contributed by atoms with E-state index >= 15 is 0 Å². The summed E-state index contributed by atoms with van der Waals surface area (Å²) >= 11 is 6.06. The number of halogens is 1. The third-order valence-electron chi connectivity index (χ3n) is 5.56. The first-order valence-electron chi connectivity index (χ1n) is 9.45. The van der Waals surface area contributed by atoms with Crippen LogP contribution in [0.25, 0.3) is 0 Å². The summed E-state index contributed by atoms with van der Waals surface area (Å²) in [5, 5.41) is 6.79. The molecule has 1 saturated heterocycles. The van der Waals surface area contributed by atoms with E-state index in [4.69, 9.17) is 17.3 Å². The second-order valence-corrected chi connectivity index (χ2v) is 7.62. The highest BCUT2D eigenvalue weighted by Gasteiger charge is 2.41. The van der Waals surface area contributed by atoms with E-state index in [0.717, 1.165) is 22.3 Å². The normalized spacial score (nSPS) is 20.4. The molecule has 2 unspecified atom stereocenters. The van der Waals surface area contributed by atoms with Crippen LogP contribution in [0.5, 0.6) is 0 Å². The molecule has 2 aromatic rings. The van der Waals surface area contributed by atoms with Crippen molar-refractivity contribution in [1.29, 1.82) is 0 Å². The molecule has 28 heavy (non-hydrogen) atoms. The molecule has 0 spiro atoms. The highest BCUT2D eigenvalue weighted by molar-refractivity contribution is 6.30. The lowest BCUT2D eigenvalue weighted by atomic mass is 9.97. The molecular weight excluding hydrogens is 376 g/mol. The number of nitrogens with one attached hydrogen (secondary N) is 2. The molecule has 2 heterocycles. The van der Waals surface area contributed by atoms with Gasteiger partial charge in [0, 0.05) is 31.2 Å². The van der Waals surface area contributed by atoms with Gasteiger partial charge in [0.1, 0.15) is 12.1 Å². The molecule has 2 aromatic carbocycles. The van der Waals surface area contributed by atoms with E-state index < -0.39 is 6.04 Å². The van der Waals surface area contributed by atoms with Crippen molar-refractivity contribution in [3.8, 4) is 0 Å². The topological polar surface area (TPSA) is 87.5 Å². The predicted molar refractivity (Wildman–Crippen MR) is 107 cm³/mol. The summed E-state index contributed by atoms with van der Waals surface area (Å²) < 4.78 is 0. The zero-order valence-corrected chi connectivity index (χ0v) is 16.2. The number of carbonyl (C=O) groups excluding carboxylic acids is 2. The largest absolute Gasteiger partial charge is 0.350 e. The lowest BCUT2D eigenvalue weighted by Gasteiger charge is -2.41.